The Balaban J connectivity index is 2.15. The van der Waals surface area contributed by atoms with E-state index in [2.05, 4.69) is 0 Å². The van der Waals surface area contributed by atoms with Gasteiger partial charge < -0.3 is 19.6 Å². The minimum atomic E-state index is -0.518. The van der Waals surface area contributed by atoms with Gasteiger partial charge in [-0.2, -0.15) is 0 Å². The van der Waals surface area contributed by atoms with Gasteiger partial charge >= 0.3 is 0 Å². The number of furan rings is 1. The summed E-state index contributed by atoms with van der Waals surface area (Å²) in [6.07, 6.45) is 1.55. The van der Waals surface area contributed by atoms with E-state index in [9.17, 15) is 4.39 Å². The third-order valence-electron chi connectivity index (χ3n) is 2.23. The largest absolute Gasteiger partial charge is 0.494 e. The van der Waals surface area contributed by atoms with Gasteiger partial charge in [-0.05, 0) is 12.1 Å². The Hall–Kier alpha value is -2.17. The van der Waals surface area contributed by atoms with E-state index in [0.29, 0.717) is 11.5 Å². The molecule has 0 radical (unpaired) electrons. The number of ether oxygens (including phenoxy) is 2. The zero-order chi connectivity index (χ0) is 12.3. The normalized spacial score (nSPS) is 10.2. The average Bonchev–Trinajstić information content (AvgIpc) is 2.81. The number of rotatable bonds is 4. The Bertz CT molecular complexity index is 497. The second-order valence-electron chi connectivity index (χ2n) is 3.39. The van der Waals surface area contributed by atoms with E-state index >= 15 is 0 Å². The van der Waals surface area contributed by atoms with Crippen LogP contribution in [-0.2, 0) is 6.61 Å². The van der Waals surface area contributed by atoms with Crippen LogP contribution in [0.25, 0.3) is 0 Å². The average molecular weight is 237 g/mol. The molecule has 0 fully saturated rings. The summed E-state index contributed by atoms with van der Waals surface area (Å²) in [6, 6.07) is 6.11. The number of hydrogen-bond donors (Lipinski definition) is 1. The van der Waals surface area contributed by atoms with Gasteiger partial charge in [0.05, 0.1) is 19.1 Å². The number of anilines is 1. The molecule has 0 aliphatic rings. The van der Waals surface area contributed by atoms with Crippen molar-refractivity contribution >= 4 is 5.69 Å². The number of methoxy groups -OCH3 is 1. The maximum absolute atomic E-state index is 13.3. The molecule has 2 aromatic rings. The summed E-state index contributed by atoms with van der Waals surface area (Å²) in [6.45, 7) is 0.228. The summed E-state index contributed by atoms with van der Waals surface area (Å²) in [7, 11) is 1.38. The van der Waals surface area contributed by atoms with Crippen LogP contribution in [-0.4, -0.2) is 7.11 Å². The fraction of sp³-hybridized carbons (Fsp3) is 0.167. The summed E-state index contributed by atoms with van der Waals surface area (Å²) >= 11 is 0. The fourth-order valence-electron chi connectivity index (χ4n) is 1.38. The maximum Gasteiger partial charge on any atom is 0.167 e. The molecule has 0 atom stereocenters. The van der Waals surface area contributed by atoms with Gasteiger partial charge in [-0.15, -0.1) is 0 Å². The highest BCUT2D eigenvalue weighted by molar-refractivity contribution is 5.56. The first-order valence-electron chi connectivity index (χ1n) is 4.99. The van der Waals surface area contributed by atoms with Gasteiger partial charge in [-0.1, -0.05) is 0 Å². The number of nitrogen functional groups attached to an aromatic ring is 1. The molecule has 1 aromatic heterocycles. The van der Waals surface area contributed by atoms with Gasteiger partial charge in [0.2, 0.25) is 0 Å². The van der Waals surface area contributed by atoms with Crippen molar-refractivity contribution in [1.82, 2.24) is 0 Å². The Morgan fingerprint density at radius 1 is 1.35 bits per heavy atom. The van der Waals surface area contributed by atoms with Crippen molar-refractivity contribution in [2.24, 2.45) is 0 Å². The Kier molecular flexibility index (Phi) is 3.18. The molecule has 1 aromatic carbocycles. The van der Waals surface area contributed by atoms with Gasteiger partial charge in [0, 0.05) is 12.1 Å². The molecular weight excluding hydrogens is 225 g/mol. The standard InChI is InChI=1S/C12H12FNO3/c1-15-11-6-12(10(14)5-9(11)13)17-7-8-3-2-4-16-8/h2-6H,7,14H2,1H3. The maximum atomic E-state index is 13.3. The van der Waals surface area contributed by atoms with Crippen LogP contribution >= 0.6 is 0 Å². The van der Waals surface area contributed by atoms with Gasteiger partial charge in [0.15, 0.2) is 11.6 Å². The zero-order valence-corrected chi connectivity index (χ0v) is 9.27. The van der Waals surface area contributed by atoms with Gasteiger partial charge in [0.1, 0.15) is 18.1 Å². The molecule has 90 valence electrons. The topological polar surface area (TPSA) is 57.6 Å². The third kappa shape index (κ3) is 2.50. The molecule has 0 aliphatic heterocycles. The van der Waals surface area contributed by atoms with Gasteiger partial charge in [-0.25, -0.2) is 4.39 Å². The lowest BCUT2D eigenvalue weighted by molar-refractivity contribution is 0.269. The monoisotopic (exact) mass is 237 g/mol. The van der Waals surface area contributed by atoms with Crippen molar-refractivity contribution in [1.29, 1.82) is 0 Å². The van der Waals surface area contributed by atoms with E-state index in [-0.39, 0.29) is 18.0 Å². The molecule has 4 nitrogen and oxygen atoms in total. The molecular formula is C12H12FNO3. The fourth-order valence-corrected chi connectivity index (χ4v) is 1.38. The summed E-state index contributed by atoms with van der Waals surface area (Å²) in [5.41, 5.74) is 5.85. The van der Waals surface area contributed by atoms with Crippen LogP contribution in [0, 0.1) is 5.82 Å². The van der Waals surface area contributed by atoms with Gasteiger partial charge in [0.25, 0.3) is 0 Å². The van der Waals surface area contributed by atoms with Crippen LogP contribution in [0.5, 0.6) is 11.5 Å². The minimum Gasteiger partial charge on any atom is -0.494 e. The van der Waals surface area contributed by atoms with E-state index in [0.717, 1.165) is 6.07 Å². The molecule has 0 unspecified atom stereocenters. The summed E-state index contributed by atoms with van der Waals surface area (Å²) < 4.78 is 28.6. The molecule has 2 rings (SSSR count). The lowest BCUT2D eigenvalue weighted by Crippen LogP contribution is -2.00. The Labute approximate surface area is 97.7 Å². The molecule has 5 heteroatoms. The molecule has 17 heavy (non-hydrogen) atoms. The predicted octanol–water partition coefficient (Wildman–Crippen LogP) is 2.59. The van der Waals surface area contributed by atoms with Crippen LogP contribution in [0.1, 0.15) is 5.76 Å². The molecule has 0 bridgehead atoms. The van der Waals surface area contributed by atoms with Crippen LogP contribution in [0.4, 0.5) is 10.1 Å². The third-order valence-corrected chi connectivity index (χ3v) is 2.23. The molecule has 0 saturated heterocycles. The molecule has 1 heterocycles. The van der Waals surface area contributed by atoms with Gasteiger partial charge in [-0.3, -0.25) is 0 Å². The van der Waals surface area contributed by atoms with Crippen molar-refractivity contribution in [3.05, 3.63) is 42.1 Å². The number of benzene rings is 1. The first-order chi connectivity index (χ1) is 8.20. The minimum absolute atomic E-state index is 0.0913. The van der Waals surface area contributed by atoms with Crippen molar-refractivity contribution in [3.8, 4) is 11.5 Å². The van der Waals surface area contributed by atoms with Crippen LogP contribution in [0.2, 0.25) is 0 Å². The summed E-state index contributed by atoms with van der Waals surface area (Å²) in [5, 5.41) is 0. The second-order valence-corrected chi connectivity index (χ2v) is 3.39. The highest BCUT2D eigenvalue weighted by Crippen LogP contribution is 2.30. The van der Waals surface area contributed by atoms with E-state index < -0.39 is 5.82 Å². The van der Waals surface area contributed by atoms with Crippen molar-refractivity contribution in [2.75, 3.05) is 12.8 Å². The number of nitrogens with two attached hydrogens (primary N) is 1. The quantitative estimate of drug-likeness (QED) is 0.830. The van der Waals surface area contributed by atoms with E-state index in [4.69, 9.17) is 19.6 Å². The number of halogens is 1. The van der Waals surface area contributed by atoms with E-state index in [1.807, 2.05) is 0 Å². The lowest BCUT2D eigenvalue weighted by Gasteiger charge is -2.10. The predicted molar refractivity (Wildman–Crippen MR) is 60.4 cm³/mol. The second kappa shape index (κ2) is 4.78. The van der Waals surface area contributed by atoms with E-state index in [1.54, 1.807) is 18.4 Å². The SMILES string of the molecule is COc1cc(OCc2ccco2)c(N)cc1F. The molecule has 2 N–H and O–H groups in total. The van der Waals surface area contributed by atoms with E-state index in [1.165, 1.54) is 13.2 Å². The smallest absolute Gasteiger partial charge is 0.167 e. The summed E-state index contributed by atoms with van der Waals surface area (Å²) in [4.78, 5) is 0. The van der Waals surface area contributed by atoms with Crippen molar-refractivity contribution in [2.45, 2.75) is 6.61 Å². The zero-order valence-electron chi connectivity index (χ0n) is 9.27. The van der Waals surface area contributed by atoms with Crippen LogP contribution < -0.4 is 15.2 Å². The molecule has 0 spiro atoms. The van der Waals surface area contributed by atoms with Crippen molar-refractivity contribution < 1.29 is 18.3 Å². The molecule has 0 amide bonds. The van der Waals surface area contributed by atoms with Crippen LogP contribution in [0.15, 0.2) is 34.9 Å². The summed E-state index contributed by atoms with van der Waals surface area (Å²) in [5.74, 6) is 0.594. The van der Waals surface area contributed by atoms with Crippen LogP contribution in [0.3, 0.4) is 0 Å². The highest BCUT2D eigenvalue weighted by Gasteiger charge is 2.09. The molecule has 0 saturated carbocycles. The first kappa shape index (κ1) is 11.3. The van der Waals surface area contributed by atoms with Crippen molar-refractivity contribution in [3.63, 3.8) is 0 Å². The lowest BCUT2D eigenvalue weighted by atomic mass is 10.2. The molecule has 0 aliphatic carbocycles. The Morgan fingerprint density at radius 2 is 2.18 bits per heavy atom. The Morgan fingerprint density at radius 3 is 2.82 bits per heavy atom. The highest BCUT2D eigenvalue weighted by atomic mass is 19.1. The number of hydrogen-bond acceptors (Lipinski definition) is 4. The first-order valence-corrected chi connectivity index (χ1v) is 4.99.